The molecule has 6 aromatic rings. The van der Waals surface area contributed by atoms with Crippen molar-refractivity contribution in [2.75, 3.05) is 0 Å². The molecule has 44 heavy (non-hydrogen) atoms. The highest BCUT2D eigenvalue weighted by Crippen LogP contribution is 2.28. The smallest absolute Gasteiger partial charge is 0.291 e. The molecule has 0 aliphatic carbocycles. The molecule has 0 spiro atoms. The molecule has 1 aromatic heterocycles. The van der Waals surface area contributed by atoms with Crippen LogP contribution in [0.5, 0.6) is 5.75 Å². The highest BCUT2D eigenvalue weighted by molar-refractivity contribution is 6.31. The summed E-state index contributed by atoms with van der Waals surface area (Å²) in [5.41, 5.74) is 10.6. The van der Waals surface area contributed by atoms with E-state index in [4.69, 9.17) is 16.3 Å². The summed E-state index contributed by atoms with van der Waals surface area (Å²) in [5, 5.41) is 9.49. The third-order valence-corrected chi connectivity index (χ3v) is 7.49. The highest BCUT2D eigenvalue weighted by atomic mass is 35.5. The standard InChI is InChI=1S/C37H29ClN4O2/c1-26-11-19-32(20-12-26)42-36(30-17-15-29(16-18-30)28-7-3-2-4-8-28)23-35(41-42)37(43)40-39-24-27-13-21-33(22-14-27)44-25-31-9-5-6-10-34(31)38/h2-24H,25H2,1H3,(H,40,43)/b39-24-. The van der Waals surface area contributed by atoms with Crippen LogP contribution in [0.3, 0.4) is 0 Å². The van der Waals surface area contributed by atoms with Gasteiger partial charge in [-0.05, 0) is 72.1 Å². The third kappa shape index (κ3) is 6.77. The lowest BCUT2D eigenvalue weighted by atomic mass is 10.0. The molecular weight excluding hydrogens is 568 g/mol. The van der Waals surface area contributed by atoms with Gasteiger partial charge < -0.3 is 4.74 Å². The van der Waals surface area contributed by atoms with Crippen molar-refractivity contribution in [1.29, 1.82) is 0 Å². The first kappa shape index (κ1) is 28.6. The van der Waals surface area contributed by atoms with Gasteiger partial charge in [0, 0.05) is 16.1 Å². The Morgan fingerprint density at radius 2 is 1.48 bits per heavy atom. The number of rotatable bonds is 9. The average Bonchev–Trinajstić information content (AvgIpc) is 3.52. The molecule has 1 heterocycles. The van der Waals surface area contributed by atoms with E-state index in [1.165, 1.54) is 0 Å². The molecule has 0 saturated carbocycles. The predicted molar refractivity (Wildman–Crippen MR) is 176 cm³/mol. The van der Waals surface area contributed by atoms with E-state index in [0.717, 1.165) is 44.8 Å². The number of hydrogen-bond donors (Lipinski definition) is 1. The van der Waals surface area contributed by atoms with E-state index in [-0.39, 0.29) is 5.69 Å². The molecule has 5 aromatic carbocycles. The molecule has 0 aliphatic heterocycles. The fourth-order valence-electron chi connectivity index (χ4n) is 4.69. The first-order valence-corrected chi connectivity index (χ1v) is 14.5. The Kier molecular flexibility index (Phi) is 8.62. The Balaban J connectivity index is 1.17. The predicted octanol–water partition coefficient (Wildman–Crippen LogP) is 8.51. The number of carbonyl (C=O) groups is 1. The number of aryl methyl sites for hydroxylation is 1. The van der Waals surface area contributed by atoms with E-state index in [1.54, 1.807) is 17.0 Å². The van der Waals surface area contributed by atoms with Crippen LogP contribution < -0.4 is 10.2 Å². The molecule has 1 N–H and O–H groups in total. The van der Waals surface area contributed by atoms with Gasteiger partial charge >= 0.3 is 0 Å². The van der Waals surface area contributed by atoms with Gasteiger partial charge in [-0.2, -0.15) is 10.2 Å². The maximum Gasteiger partial charge on any atom is 0.291 e. The summed E-state index contributed by atoms with van der Waals surface area (Å²) >= 11 is 6.21. The molecule has 216 valence electrons. The first-order chi connectivity index (χ1) is 21.5. The van der Waals surface area contributed by atoms with Gasteiger partial charge in [0.1, 0.15) is 12.4 Å². The van der Waals surface area contributed by atoms with Crippen LogP contribution in [-0.2, 0) is 6.61 Å². The molecule has 0 unspecified atom stereocenters. The maximum absolute atomic E-state index is 13.1. The van der Waals surface area contributed by atoms with E-state index in [0.29, 0.717) is 17.4 Å². The van der Waals surface area contributed by atoms with E-state index >= 15 is 0 Å². The Morgan fingerprint density at radius 1 is 0.818 bits per heavy atom. The van der Waals surface area contributed by atoms with Crippen LogP contribution in [0, 0.1) is 6.92 Å². The minimum atomic E-state index is -0.408. The van der Waals surface area contributed by atoms with Gasteiger partial charge in [0.2, 0.25) is 0 Å². The number of halogens is 1. The lowest BCUT2D eigenvalue weighted by molar-refractivity contribution is 0.0949. The van der Waals surface area contributed by atoms with Crippen molar-refractivity contribution in [3.8, 4) is 33.8 Å². The van der Waals surface area contributed by atoms with E-state index in [2.05, 4.69) is 39.9 Å². The number of nitrogens with one attached hydrogen (secondary N) is 1. The summed E-state index contributed by atoms with van der Waals surface area (Å²) in [6.07, 6.45) is 1.58. The molecular formula is C37H29ClN4O2. The number of hydrazone groups is 1. The van der Waals surface area contributed by atoms with Gasteiger partial charge in [-0.3, -0.25) is 4.79 Å². The summed E-state index contributed by atoms with van der Waals surface area (Å²) in [6.45, 7) is 2.41. The number of amides is 1. The maximum atomic E-state index is 13.1. The molecule has 0 fully saturated rings. The summed E-state index contributed by atoms with van der Waals surface area (Å²) in [4.78, 5) is 13.1. The second kappa shape index (κ2) is 13.2. The van der Waals surface area contributed by atoms with Crippen molar-refractivity contribution in [3.63, 3.8) is 0 Å². The second-order valence-electron chi connectivity index (χ2n) is 10.3. The normalized spacial score (nSPS) is 11.0. The van der Waals surface area contributed by atoms with Gasteiger partial charge in [-0.1, -0.05) is 102 Å². The van der Waals surface area contributed by atoms with Crippen molar-refractivity contribution in [1.82, 2.24) is 15.2 Å². The Morgan fingerprint density at radius 3 is 2.20 bits per heavy atom. The fraction of sp³-hybridized carbons (Fsp3) is 0.0541. The topological polar surface area (TPSA) is 68.5 Å². The molecule has 6 nitrogen and oxygen atoms in total. The van der Waals surface area contributed by atoms with Gasteiger partial charge in [0.15, 0.2) is 5.69 Å². The number of benzene rings is 5. The van der Waals surface area contributed by atoms with Gasteiger partial charge in [0.05, 0.1) is 17.6 Å². The minimum absolute atomic E-state index is 0.258. The first-order valence-electron chi connectivity index (χ1n) is 14.2. The molecule has 0 atom stereocenters. The van der Waals surface area contributed by atoms with Crippen LogP contribution in [0.25, 0.3) is 28.1 Å². The zero-order valence-electron chi connectivity index (χ0n) is 24.0. The van der Waals surface area contributed by atoms with Crippen LogP contribution in [-0.4, -0.2) is 21.9 Å². The minimum Gasteiger partial charge on any atom is -0.489 e. The highest BCUT2D eigenvalue weighted by Gasteiger charge is 2.17. The zero-order chi connectivity index (χ0) is 30.3. The Labute approximate surface area is 261 Å². The lowest BCUT2D eigenvalue weighted by Crippen LogP contribution is -2.18. The summed E-state index contributed by atoms with van der Waals surface area (Å²) in [5.74, 6) is 0.297. The fourth-order valence-corrected chi connectivity index (χ4v) is 4.88. The van der Waals surface area contributed by atoms with E-state index in [9.17, 15) is 4.79 Å². The molecule has 0 aliphatic rings. The van der Waals surface area contributed by atoms with Crippen molar-refractivity contribution in [3.05, 3.63) is 161 Å². The largest absolute Gasteiger partial charge is 0.489 e. The van der Waals surface area contributed by atoms with Crippen molar-refractivity contribution < 1.29 is 9.53 Å². The average molecular weight is 597 g/mol. The van der Waals surface area contributed by atoms with Crippen LogP contribution in [0.1, 0.15) is 27.2 Å². The van der Waals surface area contributed by atoms with Crippen molar-refractivity contribution in [2.24, 2.45) is 5.10 Å². The molecule has 0 radical (unpaired) electrons. The number of aromatic nitrogens is 2. The SMILES string of the molecule is Cc1ccc(-n2nc(C(=O)N/N=C\c3ccc(OCc4ccccc4Cl)cc3)cc2-c2ccc(-c3ccccc3)cc2)cc1. The van der Waals surface area contributed by atoms with Crippen LogP contribution in [0.2, 0.25) is 5.02 Å². The molecule has 0 bridgehead atoms. The number of nitrogens with zero attached hydrogens (tertiary/aromatic N) is 3. The Bertz CT molecular complexity index is 1900. The summed E-state index contributed by atoms with van der Waals surface area (Å²) in [7, 11) is 0. The Hall–Kier alpha value is -5.46. The zero-order valence-corrected chi connectivity index (χ0v) is 24.8. The quantitative estimate of drug-likeness (QED) is 0.134. The van der Waals surface area contributed by atoms with E-state index in [1.807, 2.05) is 110 Å². The van der Waals surface area contributed by atoms with Crippen LogP contribution in [0.15, 0.2) is 139 Å². The van der Waals surface area contributed by atoms with Gasteiger partial charge in [0.25, 0.3) is 5.91 Å². The molecule has 1 amide bonds. The lowest BCUT2D eigenvalue weighted by Gasteiger charge is -2.09. The van der Waals surface area contributed by atoms with E-state index < -0.39 is 5.91 Å². The van der Waals surface area contributed by atoms with Gasteiger partial charge in [-0.25, -0.2) is 10.1 Å². The van der Waals surface area contributed by atoms with Crippen molar-refractivity contribution >= 4 is 23.7 Å². The molecule has 7 heteroatoms. The van der Waals surface area contributed by atoms with Gasteiger partial charge in [-0.15, -0.1) is 0 Å². The van der Waals surface area contributed by atoms with Crippen LogP contribution in [0.4, 0.5) is 0 Å². The molecule has 0 saturated heterocycles. The second-order valence-corrected chi connectivity index (χ2v) is 10.7. The van der Waals surface area contributed by atoms with Crippen LogP contribution >= 0.6 is 11.6 Å². The summed E-state index contributed by atoms with van der Waals surface area (Å²) < 4.78 is 7.63. The summed E-state index contributed by atoms with van der Waals surface area (Å²) in [6, 6.07) is 43.3. The monoisotopic (exact) mass is 596 g/mol. The third-order valence-electron chi connectivity index (χ3n) is 7.12. The van der Waals surface area contributed by atoms with Crippen molar-refractivity contribution in [2.45, 2.75) is 13.5 Å². The number of ether oxygens (including phenoxy) is 1. The molecule has 6 rings (SSSR count). The number of carbonyl (C=O) groups excluding carboxylic acids is 1. The number of hydrogen-bond acceptors (Lipinski definition) is 4.